The number of ether oxygens (including phenoxy) is 1. The molecule has 1 amide bonds. The number of hydrogen-bond acceptors (Lipinski definition) is 7. The molecule has 0 saturated carbocycles. The van der Waals surface area contributed by atoms with Gasteiger partial charge < -0.3 is 15.4 Å². The molecule has 12 heteroatoms. The van der Waals surface area contributed by atoms with Crippen LogP contribution in [-0.2, 0) is 11.0 Å². The molecule has 4 aromatic heterocycles. The van der Waals surface area contributed by atoms with Crippen LogP contribution in [0.4, 0.5) is 19.0 Å². The molecule has 0 atom stereocenters. The maximum Gasteiger partial charge on any atom is 0.417 e. The van der Waals surface area contributed by atoms with Gasteiger partial charge in [0.1, 0.15) is 17.6 Å². The average Bonchev–Trinajstić information content (AvgIpc) is 3.33. The van der Waals surface area contributed by atoms with Crippen molar-refractivity contribution in [3.05, 3.63) is 71.9 Å². The molecule has 0 saturated heterocycles. The summed E-state index contributed by atoms with van der Waals surface area (Å²) in [6, 6.07) is 8.39. The number of anilines is 1. The van der Waals surface area contributed by atoms with E-state index in [-0.39, 0.29) is 12.1 Å². The van der Waals surface area contributed by atoms with Gasteiger partial charge in [-0.05, 0) is 31.2 Å². The van der Waals surface area contributed by atoms with Gasteiger partial charge in [-0.2, -0.15) is 23.5 Å². The smallest absolute Gasteiger partial charge is 0.417 e. The van der Waals surface area contributed by atoms with E-state index in [4.69, 9.17) is 4.74 Å². The third-order valence-corrected chi connectivity index (χ3v) is 5.20. The first-order valence-corrected chi connectivity index (χ1v) is 11.3. The largest absolute Gasteiger partial charge is 0.492 e. The molecule has 0 aliphatic rings. The third-order valence-electron chi connectivity index (χ3n) is 5.20. The number of rotatable bonds is 7. The van der Waals surface area contributed by atoms with E-state index in [0.717, 1.165) is 23.4 Å². The van der Waals surface area contributed by atoms with Gasteiger partial charge in [0.05, 0.1) is 35.6 Å². The molecule has 0 aliphatic heterocycles. The van der Waals surface area contributed by atoms with E-state index < -0.39 is 17.6 Å². The molecule has 4 aromatic rings. The highest BCUT2D eigenvalue weighted by Gasteiger charge is 2.30. The monoisotopic (exact) mass is 519 g/mol. The van der Waals surface area contributed by atoms with E-state index in [2.05, 4.69) is 43.6 Å². The average molecular weight is 519 g/mol. The molecule has 2 N–H and O–H groups in total. The number of pyridine rings is 3. The molecule has 9 nitrogen and oxygen atoms in total. The molecular formula is C26H20F3N7O2. The van der Waals surface area contributed by atoms with E-state index in [1.807, 2.05) is 19.1 Å². The first-order chi connectivity index (χ1) is 18.3. The number of carbonyl (C=O) groups is 1. The summed E-state index contributed by atoms with van der Waals surface area (Å²) in [7, 11) is 0. The molecular weight excluding hydrogens is 499 g/mol. The Bertz CT molecular complexity index is 1560. The van der Waals surface area contributed by atoms with Crippen LogP contribution in [0.25, 0.3) is 16.6 Å². The van der Waals surface area contributed by atoms with Gasteiger partial charge in [-0.25, -0.2) is 9.50 Å². The van der Waals surface area contributed by atoms with Crippen molar-refractivity contribution in [2.45, 2.75) is 13.1 Å². The van der Waals surface area contributed by atoms with Crippen LogP contribution in [0.1, 0.15) is 23.6 Å². The van der Waals surface area contributed by atoms with Crippen molar-refractivity contribution in [3.8, 4) is 34.8 Å². The number of alkyl halides is 3. The molecule has 0 radical (unpaired) electrons. The zero-order valence-corrected chi connectivity index (χ0v) is 20.0. The van der Waals surface area contributed by atoms with Gasteiger partial charge >= 0.3 is 6.18 Å². The summed E-state index contributed by atoms with van der Waals surface area (Å²) in [4.78, 5) is 19.8. The van der Waals surface area contributed by atoms with Gasteiger partial charge in [0.2, 0.25) is 0 Å². The highest BCUT2D eigenvalue weighted by Crippen LogP contribution is 2.31. The van der Waals surface area contributed by atoms with E-state index in [0.29, 0.717) is 42.0 Å². The second-order valence-corrected chi connectivity index (χ2v) is 7.81. The number of halogens is 3. The molecule has 0 bridgehead atoms. The van der Waals surface area contributed by atoms with Gasteiger partial charge in [0.25, 0.3) is 5.91 Å². The summed E-state index contributed by atoms with van der Waals surface area (Å²) in [6.45, 7) is 2.88. The number of nitriles is 1. The van der Waals surface area contributed by atoms with Crippen LogP contribution in [0.3, 0.4) is 0 Å². The second-order valence-electron chi connectivity index (χ2n) is 7.81. The molecule has 4 heterocycles. The minimum Gasteiger partial charge on any atom is -0.492 e. The number of hydrogen-bond donors (Lipinski definition) is 2. The fraction of sp³-hybridized carbons (Fsp3) is 0.192. The highest BCUT2D eigenvalue weighted by atomic mass is 19.4. The van der Waals surface area contributed by atoms with Crippen LogP contribution < -0.4 is 15.4 Å². The summed E-state index contributed by atoms with van der Waals surface area (Å²) in [5.74, 6) is 5.14. The lowest BCUT2D eigenvalue weighted by Gasteiger charge is -2.10. The zero-order valence-electron chi connectivity index (χ0n) is 20.0. The minimum absolute atomic E-state index is 0.0146. The van der Waals surface area contributed by atoms with E-state index in [9.17, 15) is 23.2 Å². The SMILES string of the molecule is CCOc1cc(-c2ccc(NCCNC(=O)C#Cc3cncc(C(F)(F)F)c3)nc2)c2c(C#N)cnn2c1. The number of nitrogens with one attached hydrogen (secondary N) is 2. The first kappa shape index (κ1) is 26.0. The number of nitrogens with zero attached hydrogens (tertiary/aromatic N) is 5. The number of amides is 1. The predicted octanol–water partition coefficient (Wildman–Crippen LogP) is 3.66. The molecule has 192 valence electrons. The standard InChI is InChI=1S/C26H20F3N7O2/c1-2-38-21-10-22(25-19(11-30)14-35-36(25)16-21)18-4-5-23(34-13-18)32-7-8-33-24(37)6-3-17-9-20(15-31-12-17)26(27,28)29/h4-5,9-10,12-16H,2,7-8H2,1H3,(H,32,34)(H,33,37). The van der Waals surface area contributed by atoms with E-state index in [1.54, 1.807) is 23.0 Å². The molecule has 0 spiro atoms. The van der Waals surface area contributed by atoms with Gasteiger partial charge in [-0.15, -0.1) is 0 Å². The van der Waals surface area contributed by atoms with E-state index in [1.165, 1.54) is 6.20 Å². The Morgan fingerprint density at radius 1 is 1.16 bits per heavy atom. The van der Waals surface area contributed by atoms with Crippen molar-refractivity contribution in [2.75, 3.05) is 25.0 Å². The fourth-order valence-corrected chi connectivity index (χ4v) is 3.51. The van der Waals surface area contributed by atoms with Gasteiger partial charge in [0.15, 0.2) is 0 Å². The Hall–Kier alpha value is -5.10. The van der Waals surface area contributed by atoms with E-state index >= 15 is 0 Å². The molecule has 0 fully saturated rings. The van der Waals surface area contributed by atoms with Gasteiger partial charge in [0, 0.05) is 54.3 Å². The van der Waals surface area contributed by atoms with Crippen LogP contribution in [0.5, 0.6) is 5.75 Å². The van der Waals surface area contributed by atoms with Crippen molar-refractivity contribution < 1.29 is 22.7 Å². The Morgan fingerprint density at radius 3 is 2.71 bits per heavy atom. The predicted molar refractivity (Wildman–Crippen MR) is 132 cm³/mol. The minimum atomic E-state index is -4.54. The normalized spacial score (nSPS) is 10.8. The quantitative estimate of drug-likeness (QED) is 0.283. The van der Waals surface area contributed by atoms with Crippen LogP contribution >= 0.6 is 0 Å². The van der Waals surface area contributed by atoms with Crippen LogP contribution in [-0.4, -0.2) is 45.2 Å². The summed E-state index contributed by atoms with van der Waals surface area (Å²) >= 11 is 0. The molecule has 0 aromatic carbocycles. The lowest BCUT2D eigenvalue weighted by Crippen LogP contribution is -2.27. The van der Waals surface area contributed by atoms with Gasteiger partial charge in [-0.1, -0.05) is 5.92 Å². The summed E-state index contributed by atoms with van der Waals surface area (Å²) < 4.78 is 45.5. The van der Waals surface area contributed by atoms with Crippen molar-refractivity contribution in [1.29, 1.82) is 5.26 Å². The van der Waals surface area contributed by atoms with Crippen LogP contribution in [0.15, 0.2) is 55.2 Å². The summed E-state index contributed by atoms with van der Waals surface area (Å²) in [6.07, 6.45) is 2.16. The first-order valence-electron chi connectivity index (χ1n) is 11.3. The number of aromatic nitrogens is 4. The fourth-order valence-electron chi connectivity index (χ4n) is 3.51. The van der Waals surface area contributed by atoms with Crippen molar-refractivity contribution in [2.24, 2.45) is 0 Å². The third kappa shape index (κ3) is 6.17. The Kier molecular flexibility index (Phi) is 7.73. The maximum absolute atomic E-state index is 12.7. The van der Waals surface area contributed by atoms with Crippen molar-refractivity contribution in [1.82, 2.24) is 24.9 Å². The van der Waals surface area contributed by atoms with Crippen LogP contribution in [0, 0.1) is 23.2 Å². The molecule has 0 unspecified atom stereocenters. The highest BCUT2D eigenvalue weighted by molar-refractivity contribution is 5.94. The topological polar surface area (TPSA) is 117 Å². The van der Waals surface area contributed by atoms with Crippen molar-refractivity contribution >= 4 is 17.2 Å². The summed E-state index contributed by atoms with van der Waals surface area (Å²) in [5.41, 5.74) is 1.61. The maximum atomic E-state index is 12.7. The lowest BCUT2D eigenvalue weighted by molar-refractivity contribution is -0.137. The lowest BCUT2D eigenvalue weighted by atomic mass is 10.1. The van der Waals surface area contributed by atoms with Crippen molar-refractivity contribution in [3.63, 3.8) is 0 Å². The zero-order chi connectivity index (χ0) is 27.1. The Labute approximate surface area is 215 Å². The Morgan fingerprint density at radius 2 is 2.00 bits per heavy atom. The molecule has 0 aliphatic carbocycles. The molecule has 4 rings (SSSR count). The van der Waals surface area contributed by atoms with Crippen LogP contribution in [0.2, 0.25) is 0 Å². The number of fused-ring (bicyclic) bond motifs is 1. The number of carbonyl (C=O) groups excluding carboxylic acids is 1. The molecule has 38 heavy (non-hydrogen) atoms. The summed E-state index contributed by atoms with van der Waals surface area (Å²) in [5, 5.41) is 19.3. The second kappa shape index (κ2) is 11.3. The Balaban J connectivity index is 1.35. The van der Waals surface area contributed by atoms with Gasteiger partial charge in [-0.3, -0.25) is 9.78 Å².